The number of likely N-dealkylation sites (N-methyl/N-ethyl adjacent to an activating group) is 1. The molecule has 2 aliphatic heterocycles. The molecule has 0 atom stereocenters. The minimum Gasteiger partial charge on any atom is -0.368 e. The molecule has 0 amide bonds. The number of piperazine rings is 1. The number of benzene rings is 1. The Morgan fingerprint density at radius 3 is 2.75 bits per heavy atom. The number of hydrogen-bond acceptors (Lipinski definition) is 7. The van der Waals surface area contributed by atoms with Crippen LogP contribution >= 0.6 is 11.3 Å². The highest BCUT2D eigenvalue weighted by Gasteiger charge is 2.22. The van der Waals surface area contributed by atoms with Crippen LogP contribution in [0.25, 0.3) is 10.2 Å². The van der Waals surface area contributed by atoms with Crippen LogP contribution in [0.5, 0.6) is 0 Å². The van der Waals surface area contributed by atoms with Gasteiger partial charge in [-0.2, -0.15) is 5.26 Å². The lowest BCUT2D eigenvalue weighted by Crippen LogP contribution is -2.47. The average molecular weight is 448 g/mol. The fourth-order valence-corrected chi connectivity index (χ4v) is 6.13. The van der Waals surface area contributed by atoms with Crippen LogP contribution in [0.15, 0.2) is 30.6 Å². The number of aromatic nitrogens is 2. The van der Waals surface area contributed by atoms with Crippen molar-refractivity contribution in [3.63, 3.8) is 0 Å². The summed E-state index contributed by atoms with van der Waals surface area (Å²) in [5, 5.41) is 19.2. The summed E-state index contributed by atoms with van der Waals surface area (Å²) in [7, 11) is 2.16. The first kappa shape index (κ1) is 21.1. The van der Waals surface area contributed by atoms with Gasteiger partial charge in [0.1, 0.15) is 16.4 Å². The van der Waals surface area contributed by atoms with Crippen molar-refractivity contribution in [2.75, 3.05) is 51.2 Å². The smallest absolute Gasteiger partial charge is 0.136 e. The van der Waals surface area contributed by atoms with Gasteiger partial charge >= 0.3 is 0 Å². The lowest BCUT2D eigenvalue weighted by molar-refractivity contribution is 0.250. The van der Waals surface area contributed by atoms with Gasteiger partial charge in [0, 0.05) is 50.7 Å². The molecule has 32 heavy (non-hydrogen) atoms. The van der Waals surface area contributed by atoms with Crippen LogP contribution in [0.4, 0.5) is 5.69 Å². The molecule has 8 heteroatoms. The second kappa shape index (κ2) is 9.02. The molecule has 0 aliphatic carbocycles. The molecule has 3 aromatic rings. The van der Waals surface area contributed by atoms with E-state index in [2.05, 4.69) is 27.8 Å². The Morgan fingerprint density at radius 1 is 1.12 bits per heavy atom. The molecule has 2 aliphatic rings. The van der Waals surface area contributed by atoms with Gasteiger partial charge in [0.05, 0.1) is 23.0 Å². The number of nitrogens with one attached hydrogen (secondary N) is 1. The standard InChI is InChI=1S/C24H29N7S/c1-28-10-7-19-21(16-28)32-24-22(19)23(26)31(17-27-24)9-4-8-29-11-13-30(14-12-29)20-6-3-2-5-18(20)15-25/h2-3,5-6,17,26H,4,7-14,16H2,1H3. The van der Waals surface area contributed by atoms with Crippen molar-refractivity contribution in [1.82, 2.24) is 19.4 Å². The van der Waals surface area contributed by atoms with E-state index in [0.717, 1.165) is 86.7 Å². The molecule has 1 fully saturated rings. The lowest BCUT2D eigenvalue weighted by atomic mass is 10.1. The Kier molecular flexibility index (Phi) is 5.96. The Balaban J connectivity index is 1.19. The molecule has 4 heterocycles. The van der Waals surface area contributed by atoms with E-state index in [1.54, 1.807) is 11.3 Å². The molecule has 1 aromatic carbocycles. The third-order valence-electron chi connectivity index (χ3n) is 6.68. The van der Waals surface area contributed by atoms with Gasteiger partial charge in [-0.1, -0.05) is 12.1 Å². The van der Waals surface area contributed by atoms with Crippen molar-refractivity contribution in [3.8, 4) is 6.07 Å². The quantitative estimate of drug-likeness (QED) is 0.651. The van der Waals surface area contributed by atoms with Crippen molar-refractivity contribution in [3.05, 3.63) is 52.1 Å². The second-order valence-corrected chi connectivity index (χ2v) is 9.85. The number of thiophene rings is 1. The normalized spacial score (nSPS) is 17.4. The van der Waals surface area contributed by atoms with Crippen molar-refractivity contribution in [2.45, 2.75) is 25.9 Å². The van der Waals surface area contributed by atoms with E-state index < -0.39 is 0 Å². The summed E-state index contributed by atoms with van der Waals surface area (Å²) >= 11 is 1.75. The average Bonchev–Trinajstić information content (AvgIpc) is 3.19. The summed E-state index contributed by atoms with van der Waals surface area (Å²) in [4.78, 5) is 14.2. The van der Waals surface area contributed by atoms with E-state index in [1.165, 1.54) is 10.4 Å². The molecular weight excluding hydrogens is 418 g/mol. The fraction of sp³-hybridized carbons (Fsp3) is 0.458. The van der Waals surface area contributed by atoms with Gasteiger partial charge in [0.25, 0.3) is 0 Å². The topological polar surface area (TPSA) is 75.2 Å². The Hall–Kier alpha value is -2.73. The number of anilines is 1. The zero-order chi connectivity index (χ0) is 22.1. The number of nitriles is 1. The highest BCUT2D eigenvalue weighted by atomic mass is 32.1. The molecule has 1 saturated heterocycles. The highest BCUT2D eigenvalue weighted by Crippen LogP contribution is 2.31. The van der Waals surface area contributed by atoms with Crippen LogP contribution in [-0.2, 0) is 19.5 Å². The third-order valence-corrected chi connectivity index (χ3v) is 7.80. The Morgan fingerprint density at radius 2 is 1.94 bits per heavy atom. The summed E-state index contributed by atoms with van der Waals surface area (Å²) in [6.07, 6.45) is 3.88. The number of para-hydroxylation sites is 1. The summed E-state index contributed by atoms with van der Waals surface area (Å²) in [5.41, 5.74) is 3.78. The number of fused-ring (bicyclic) bond motifs is 3. The van der Waals surface area contributed by atoms with E-state index >= 15 is 0 Å². The minimum absolute atomic E-state index is 0.620. The molecule has 2 aromatic heterocycles. The Bertz CT molecular complexity index is 1210. The molecule has 0 saturated carbocycles. The predicted molar refractivity (Wildman–Crippen MR) is 128 cm³/mol. The van der Waals surface area contributed by atoms with Gasteiger partial charge in [0.15, 0.2) is 0 Å². The van der Waals surface area contributed by atoms with Crippen LogP contribution in [0.2, 0.25) is 0 Å². The maximum absolute atomic E-state index is 9.37. The summed E-state index contributed by atoms with van der Waals surface area (Å²) < 4.78 is 2.02. The molecule has 1 N–H and O–H groups in total. The monoisotopic (exact) mass is 447 g/mol. The first-order valence-corrected chi connectivity index (χ1v) is 12.1. The molecule has 0 spiro atoms. The number of nitrogens with zero attached hydrogens (tertiary/aromatic N) is 6. The van der Waals surface area contributed by atoms with Gasteiger partial charge < -0.3 is 14.4 Å². The molecule has 0 radical (unpaired) electrons. The zero-order valence-electron chi connectivity index (χ0n) is 18.5. The van der Waals surface area contributed by atoms with Crippen molar-refractivity contribution < 1.29 is 0 Å². The lowest BCUT2D eigenvalue weighted by Gasteiger charge is -2.36. The van der Waals surface area contributed by atoms with E-state index in [9.17, 15) is 5.26 Å². The van der Waals surface area contributed by atoms with Gasteiger partial charge in [-0.15, -0.1) is 11.3 Å². The largest absolute Gasteiger partial charge is 0.368 e. The SMILES string of the molecule is CN1CCc2c(sc3ncn(CCCN4CCN(c5ccccc5C#N)CC4)c(=N)c23)C1. The van der Waals surface area contributed by atoms with E-state index in [4.69, 9.17) is 10.4 Å². The summed E-state index contributed by atoms with van der Waals surface area (Å²) in [6.45, 7) is 7.76. The van der Waals surface area contributed by atoms with Gasteiger partial charge in [-0.05, 0) is 44.1 Å². The highest BCUT2D eigenvalue weighted by molar-refractivity contribution is 7.18. The van der Waals surface area contributed by atoms with E-state index in [1.807, 2.05) is 35.2 Å². The predicted octanol–water partition coefficient (Wildman–Crippen LogP) is 2.65. The van der Waals surface area contributed by atoms with E-state index in [0.29, 0.717) is 5.49 Å². The number of aryl methyl sites for hydroxylation is 1. The summed E-state index contributed by atoms with van der Waals surface area (Å²) in [6, 6.07) is 10.2. The van der Waals surface area contributed by atoms with Gasteiger partial charge in [-0.25, -0.2) is 4.98 Å². The van der Waals surface area contributed by atoms with Crippen LogP contribution < -0.4 is 10.4 Å². The zero-order valence-corrected chi connectivity index (χ0v) is 19.4. The van der Waals surface area contributed by atoms with Crippen LogP contribution in [0, 0.1) is 16.7 Å². The van der Waals surface area contributed by atoms with Crippen LogP contribution in [0.1, 0.15) is 22.4 Å². The molecule has 5 rings (SSSR count). The molecule has 0 bridgehead atoms. The molecule has 7 nitrogen and oxygen atoms in total. The maximum Gasteiger partial charge on any atom is 0.136 e. The van der Waals surface area contributed by atoms with Crippen LogP contribution in [-0.4, -0.2) is 65.7 Å². The number of hydrogen-bond donors (Lipinski definition) is 1. The van der Waals surface area contributed by atoms with Gasteiger partial charge in [0.2, 0.25) is 0 Å². The second-order valence-electron chi connectivity index (χ2n) is 8.77. The maximum atomic E-state index is 9.37. The van der Waals surface area contributed by atoms with Crippen molar-refractivity contribution >= 4 is 27.2 Å². The molecular formula is C24H29N7S. The molecule has 166 valence electrons. The number of rotatable bonds is 5. The van der Waals surface area contributed by atoms with Crippen LogP contribution in [0.3, 0.4) is 0 Å². The van der Waals surface area contributed by atoms with Gasteiger partial charge in [-0.3, -0.25) is 10.3 Å². The van der Waals surface area contributed by atoms with Crippen molar-refractivity contribution in [2.24, 2.45) is 0 Å². The molecule has 0 unspecified atom stereocenters. The van der Waals surface area contributed by atoms with Crippen molar-refractivity contribution in [1.29, 1.82) is 10.7 Å². The summed E-state index contributed by atoms with van der Waals surface area (Å²) in [5.74, 6) is 0. The first-order chi connectivity index (χ1) is 15.6. The Labute approximate surface area is 192 Å². The van der Waals surface area contributed by atoms with E-state index in [-0.39, 0.29) is 0 Å². The first-order valence-electron chi connectivity index (χ1n) is 11.3. The minimum atomic E-state index is 0.620. The third kappa shape index (κ3) is 4.04. The fourth-order valence-electron chi connectivity index (χ4n) is 4.87.